The summed E-state index contributed by atoms with van der Waals surface area (Å²) < 4.78 is 66.7. The van der Waals surface area contributed by atoms with E-state index in [0.29, 0.717) is 10.4 Å². The number of fused-ring (bicyclic) bond motifs is 3. The van der Waals surface area contributed by atoms with Gasteiger partial charge in [0.2, 0.25) is 5.91 Å². The third-order valence-electron chi connectivity index (χ3n) is 4.83. The molecule has 0 saturated heterocycles. The minimum atomic E-state index is -4.69. The molecule has 3 rings (SSSR count). The van der Waals surface area contributed by atoms with E-state index in [1.54, 1.807) is 0 Å². The quantitative estimate of drug-likeness (QED) is 0.545. The zero-order chi connectivity index (χ0) is 24.6. The van der Waals surface area contributed by atoms with Gasteiger partial charge >= 0.3 is 18.1 Å². The highest BCUT2D eigenvalue weighted by Gasteiger charge is 2.38. The third kappa shape index (κ3) is 5.08. The highest BCUT2D eigenvalue weighted by Crippen LogP contribution is 2.45. The summed E-state index contributed by atoms with van der Waals surface area (Å²) in [7, 11) is -4.36. The SMILES string of the molecule is O=C(O)CC(CC(=O)O)NC(=O)CN1c2ccc(C(F)(F)F)cc2-c2ccccc2S1(=O)=O. The number of anilines is 1. The number of sulfonamides is 1. The van der Waals surface area contributed by atoms with Crippen LogP contribution in [0.15, 0.2) is 47.4 Å². The van der Waals surface area contributed by atoms with Crippen molar-refractivity contribution in [3.63, 3.8) is 0 Å². The topological polar surface area (TPSA) is 141 Å². The summed E-state index contributed by atoms with van der Waals surface area (Å²) in [5, 5.41) is 20.0. The molecule has 0 fully saturated rings. The fraction of sp³-hybridized carbons (Fsp3) is 0.250. The second-order valence-electron chi connectivity index (χ2n) is 7.20. The third-order valence-corrected chi connectivity index (χ3v) is 6.65. The number of alkyl halides is 3. The molecule has 0 aromatic heterocycles. The van der Waals surface area contributed by atoms with Crippen molar-refractivity contribution in [3.05, 3.63) is 48.0 Å². The van der Waals surface area contributed by atoms with Gasteiger partial charge in [-0.25, -0.2) is 8.42 Å². The summed E-state index contributed by atoms with van der Waals surface area (Å²) in [6.45, 7) is -0.898. The number of nitrogens with zero attached hydrogens (tertiary/aromatic N) is 1. The summed E-state index contributed by atoms with van der Waals surface area (Å²) >= 11 is 0. The Morgan fingerprint density at radius 3 is 2.15 bits per heavy atom. The van der Waals surface area contributed by atoms with Gasteiger partial charge < -0.3 is 15.5 Å². The second-order valence-corrected chi connectivity index (χ2v) is 9.03. The monoisotopic (exact) mass is 486 g/mol. The number of amides is 1. The number of carboxylic acid groups (broad SMARTS) is 2. The predicted molar refractivity (Wildman–Crippen MR) is 108 cm³/mol. The lowest BCUT2D eigenvalue weighted by molar-refractivity contribution is -0.140. The van der Waals surface area contributed by atoms with E-state index >= 15 is 0 Å². The first-order valence-corrected chi connectivity index (χ1v) is 10.8. The van der Waals surface area contributed by atoms with Gasteiger partial charge in [0.25, 0.3) is 10.0 Å². The number of benzene rings is 2. The maximum atomic E-state index is 13.3. The number of carbonyl (C=O) groups excluding carboxylic acids is 1. The van der Waals surface area contributed by atoms with Crippen molar-refractivity contribution in [1.82, 2.24) is 5.32 Å². The van der Waals surface area contributed by atoms with Gasteiger partial charge in [0.15, 0.2) is 0 Å². The summed E-state index contributed by atoms with van der Waals surface area (Å²) in [6, 6.07) is 6.46. The van der Waals surface area contributed by atoms with Crippen LogP contribution in [0.2, 0.25) is 0 Å². The molecule has 0 atom stereocenters. The highest BCUT2D eigenvalue weighted by molar-refractivity contribution is 7.93. The Bertz CT molecular complexity index is 1210. The van der Waals surface area contributed by atoms with Gasteiger partial charge in [-0.3, -0.25) is 18.7 Å². The number of carbonyl (C=O) groups is 3. The minimum Gasteiger partial charge on any atom is -0.481 e. The van der Waals surface area contributed by atoms with Gasteiger partial charge in [0, 0.05) is 17.2 Å². The van der Waals surface area contributed by atoms with Gasteiger partial charge in [0.1, 0.15) is 6.54 Å². The molecule has 1 aliphatic heterocycles. The molecule has 1 heterocycles. The molecule has 0 saturated carbocycles. The van der Waals surface area contributed by atoms with Crippen LogP contribution in [0, 0.1) is 0 Å². The molecule has 33 heavy (non-hydrogen) atoms. The van der Waals surface area contributed by atoms with Crippen LogP contribution in [-0.2, 0) is 30.6 Å². The summed E-state index contributed by atoms with van der Waals surface area (Å²) in [5.74, 6) is -3.78. The Morgan fingerprint density at radius 2 is 1.58 bits per heavy atom. The molecule has 176 valence electrons. The van der Waals surface area contributed by atoms with Crippen molar-refractivity contribution in [2.75, 3.05) is 10.8 Å². The standard InChI is InChI=1S/C20H17F3N2O7S/c21-20(22,23)11-5-6-15-14(7-11)13-3-1-2-4-16(13)33(31,32)25(15)10-17(26)24-12(8-18(27)28)9-19(29)30/h1-7,12H,8-10H2,(H,24,26)(H,27,28)(H,29,30). The van der Waals surface area contributed by atoms with E-state index in [0.717, 1.165) is 12.1 Å². The Kier molecular flexibility index (Phi) is 6.36. The average molecular weight is 486 g/mol. The van der Waals surface area contributed by atoms with Gasteiger partial charge in [-0.2, -0.15) is 13.2 Å². The first kappa shape index (κ1) is 24.0. The lowest BCUT2D eigenvalue weighted by Gasteiger charge is -2.32. The number of hydrogen-bond acceptors (Lipinski definition) is 5. The zero-order valence-electron chi connectivity index (χ0n) is 16.7. The molecule has 0 aliphatic carbocycles. The first-order chi connectivity index (χ1) is 15.3. The number of nitrogens with one attached hydrogen (secondary N) is 1. The summed E-state index contributed by atoms with van der Waals surface area (Å²) in [4.78, 5) is 34.1. The van der Waals surface area contributed by atoms with Crippen molar-refractivity contribution in [2.45, 2.75) is 30.0 Å². The van der Waals surface area contributed by atoms with Gasteiger partial charge in [-0.1, -0.05) is 18.2 Å². The maximum absolute atomic E-state index is 13.3. The number of hydrogen-bond donors (Lipinski definition) is 3. The van der Waals surface area contributed by atoms with Crippen LogP contribution in [0.25, 0.3) is 11.1 Å². The van der Waals surface area contributed by atoms with Crippen molar-refractivity contribution in [2.24, 2.45) is 0 Å². The van der Waals surface area contributed by atoms with E-state index < -0.39 is 65.0 Å². The van der Waals surface area contributed by atoms with Crippen LogP contribution in [0.1, 0.15) is 18.4 Å². The van der Waals surface area contributed by atoms with E-state index in [2.05, 4.69) is 5.32 Å². The molecule has 1 aliphatic rings. The van der Waals surface area contributed by atoms with Crippen LogP contribution in [-0.4, -0.2) is 49.1 Å². The molecule has 13 heteroatoms. The Morgan fingerprint density at radius 1 is 0.970 bits per heavy atom. The molecule has 0 bridgehead atoms. The van der Waals surface area contributed by atoms with Gasteiger partial charge in [-0.15, -0.1) is 0 Å². The van der Waals surface area contributed by atoms with E-state index in [-0.39, 0.29) is 21.7 Å². The molecule has 0 spiro atoms. The molecule has 1 amide bonds. The lowest BCUT2D eigenvalue weighted by Crippen LogP contribution is -2.46. The summed E-state index contributed by atoms with van der Waals surface area (Å²) in [6.07, 6.45) is -6.14. The van der Waals surface area contributed by atoms with Crippen LogP contribution in [0.3, 0.4) is 0 Å². The number of halogens is 3. The molecule has 0 unspecified atom stereocenters. The molecule has 2 aromatic carbocycles. The molecule has 9 nitrogen and oxygen atoms in total. The van der Waals surface area contributed by atoms with Gasteiger partial charge in [0.05, 0.1) is 29.0 Å². The van der Waals surface area contributed by atoms with Crippen LogP contribution >= 0.6 is 0 Å². The lowest BCUT2D eigenvalue weighted by atomic mass is 10.00. The van der Waals surface area contributed by atoms with Crippen LogP contribution in [0.5, 0.6) is 0 Å². The van der Waals surface area contributed by atoms with Crippen molar-refractivity contribution < 1.29 is 46.2 Å². The Hall–Kier alpha value is -3.61. The molecule has 3 N–H and O–H groups in total. The van der Waals surface area contributed by atoms with E-state index in [1.807, 2.05) is 0 Å². The smallest absolute Gasteiger partial charge is 0.416 e. The zero-order valence-corrected chi connectivity index (χ0v) is 17.5. The van der Waals surface area contributed by atoms with E-state index in [1.165, 1.54) is 24.3 Å². The van der Waals surface area contributed by atoms with Gasteiger partial charge in [-0.05, 0) is 24.3 Å². The minimum absolute atomic E-state index is 0.0323. The van der Waals surface area contributed by atoms with E-state index in [9.17, 15) is 36.0 Å². The summed E-state index contributed by atoms with van der Waals surface area (Å²) in [5.41, 5.74) is -1.21. The number of rotatable bonds is 7. The molecule has 0 radical (unpaired) electrons. The largest absolute Gasteiger partial charge is 0.481 e. The predicted octanol–water partition coefficient (Wildman–Crippen LogP) is 2.32. The van der Waals surface area contributed by atoms with E-state index in [4.69, 9.17) is 10.2 Å². The Balaban J connectivity index is 2.01. The van der Waals surface area contributed by atoms with Crippen molar-refractivity contribution in [3.8, 4) is 11.1 Å². The number of carboxylic acids is 2. The molecular weight excluding hydrogens is 469 g/mol. The fourth-order valence-electron chi connectivity index (χ4n) is 3.48. The van der Waals surface area contributed by atoms with Crippen LogP contribution in [0.4, 0.5) is 18.9 Å². The average Bonchev–Trinajstić information content (AvgIpc) is 2.69. The first-order valence-electron chi connectivity index (χ1n) is 9.37. The molecule has 2 aromatic rings. The van der Waals surface area contributed by atoms with Crippen molar-refractivity contribution >= 4 is 33.6 Å². The normalized spacial score (nSPS) is 14.4. The highest BCUT2D eigenvalue weighted by atomic mass is 32.2. The maximum Gasteiger partial charge on any atom is 0.416 e. The second kappa shape index (κ2) is 8.73. The number of aliphatic carboxylic acids is 2. The fourth-order valence-corrected chi connectivity index (χ4v) is 5.13. The molecular formula is C20H17F3N2O7S. The Labute approximate surface area is 185 Å². The van der Waals surface area contributed by atoms with Crippen LogP contribution < -0.4 is 9.62 Å². The van der Waals surface area contributed by atoms with Crippen molar-refractivity contribution in [1.29, 1.82) is 0 Å².